The third kappa shape index (κ3) is 4.14. The van der Waals surface area contributed by atoms with Crippen molar-refractivity contribution < 1.29 is 40.3 Å². The molecule has 2 aromatic carbocycles. The van der Waals surface area contributed by atoms with Gasteiger partial charge in [-0.15, -0.1) is 0 Å². The largest absolute Gasteiger partial charge is 0.435 e. The van der Waals surface area contributed by atoms with Gasteiger partial charge in [-0.1, -0.05) is 28.9 Å². The first-order valence-electron chi connectivity index (χ1n) is 10.7. The van der Waals surface area contributed by atoms with E-state index in [0.29, 0.717) is 11.1 Å². The fraction of sp³-hybridized carbons (Fsp3) is 0.391. The second-order valence-electron chi connectivity index (χ2n) is 9.26. The predicted octanol–water partition coefficient (Wildman–Crippen LogP) is 3.67. The summed E-state index contributed by atoms with van der Waals surface area (Å²) < 4.78 is 85.1. The molecule has 3 aliphatic rings. The van der Waals surface area contributed by atoms with Gasteiger partial charge in [-0.2, -0.15) is 13.2 Å². The van der Waals surface area contributed by atoms with E-state index in [1.54, 1.807) is 18.2 Å². The molecule has 13 heteroatoms. The van der Waals surface area contributed by atoms with Gasteiger partial charge in [-0.3, -0.25) is 4.79 Å². The van der Waals surface area contributed by atoms with Crippen LogP contribution in [0.2, 0.25) is 5.02 Å². The van der Waals surface area contributed by atoms with E-state index in [1.165, 1.54) is 4.90 Å². The van der Waals surface area contributed by atoms with Gasteiger partial charge in [-0.25, -0.2) is 12.8 Å². The van der Waals surface area contributed by atoms with Gasteiger partial charge in [0.25, 0.3) is 5.60 Å². The van der Waals surface area contributed by atoms with Gasteiger partial charge in [0, 0.05) is 23.3 Å². The summed E-state index contributed by atoms with van der Waals surface area (Å²) in [5.41, 5.74) is -2.28. The maximum atomic E-state index is 14.2. The monoisotopic (exact) mass is 546 g/mol. The first-order chi connectivity index (χ1) is 16.7. The first kappa shape index (κ1) is 25.0. The van der Waals surface area contributed by atoms with Crippen molar-refractivity contribution in [3.05, 3.63) is 69.5 Å². The maximum absolute atomic E-state index is 14.2. The lowest BCUT2D eigenvalue weighted by atomic mass is 9.83. The zero-order chi connectivity index (χ0) is 26.1. The third-order valence-electron chi connectivity index (χ3n) is 6.58. The molecule has 192 valence electrons. The maximum Gasteiger partial charge on any atom is 0.435 e. The molecule has 36 heavy (non-hydrogen) atoms. The van der Waals surface area contributed by atoms with Crippen molar-refractivity contribution in [1.29, 1.82) is 0 Å². The van der Waals surface area contributed by atoms with E-state index < -0.39 is 56.7 Å². The fourth-order valence-electron chi connectivity index (χ4n) is 4.80. The summed E-state index contributed by atoms with van der Waals surface area (Å²) in [5, 5.41) is 3.51. The highest BCUT2D eigenvalue weighted by Crippen LogP contribution is 2.50. The van der Waals surface area contributed by atoms with Crippen LogP contribution in [0.5, 0.6) is 0 Å². The number of nitrogens with zero attached hydrogens (tertiary/aromatic N) is 2. The number of carbonyl (C=O) groups is 1. The van der Waals surface area contributed by atoms with Crippen LogP contribution in [-0.2, 0) is 42.0 Å². The summed E-state index contributed by atoms with van der Waals surface area (Å²) in [7, 11) is -3.47. The minimum atomic E-state index is -4.91. The van der Waals surface area contributed by atoms with Crippen LogP contribution in [0.25, 0.3) is 0 Å². The van der Waals surface area contributed by atoms with Crippen molar-refractivity contribution in [2.45, 2.75) is 30.4 Å². The Kier molecular flexibility index (Phi) is 5.66. The minimum absolute atomic E-state index is 0.0232. The Morgan fingerprint density at radius 3 is 2.56 bits per heavy atom. The number of benzene rings is 2. The average molecular weight is 547 g/mol. The number of sulfone groups is 1. The van der Waals surface area contributed by atoms with Crippen LogP contribution in [0, 0.1) is 5.82 Å². The number of fused-ring (bicyclic) bond motifs is 2. The second kappa shape index (κ2) is 8.15. The van der Waals surface area contributed by atoms with E-state index in [0.717, 1.165) is 30.0 Å². The molecule has 0 aromatic heterocycles. The molecule has 0 bridgehead atoms. The van der Waals surface area contributed by atoms with Crippen molar-refractivity contribution in [1.82, 2.24) is 4.90 Å². The van der Waals surface area contributed by atoms with Gasteiger partial charge >= 0.3 is 6.18 Å². The molecule has 0 saturated carbocycles. The quantitative estimate of drug-likeness (QED) is 0.546. The smallest absolute Gasteiger partial charge is 0.374 e. The molecule has 1 spiro atoms. The third-order valence-corrected chi connectivity index (χ3v) is 7.57. The van der Waals surface area contributed by atoms with Crippen molar-refractivity contribution in [3.8, 4) is 0 Å². The highest BCUT2D eigenvalue weighted by Gasteiger charge is 2.62. The SMILES string of the molecule is CS(=O)(=O)CC(=O)N1CC2(C1)OCc1cc(C3=NO[C@@](c4cc(F)cc(Cl)c4)(C(F)(F)F)C3)ccc12. The highest BCUT2D eigenvalue weighted by molar-refractivity contribution is 7.91. The minimum Gasteiger partial charge on any atom is -0.374 e. The van der Waals surface area contributed by atoms with Crippen LogP contribution in [0.1, 0.15) is 28.7 Å². The number of likely N-dealkylation sites (tertiary alicyclic amines) is 1. The molecule has 1 atom stereocenters. The van der Waals surface area contributed by atoms with Gasteiger partial charge in [-0.05, 0) is 41.0 Å². The number of hydrogen-bond acceptors (Lipinski definition) is 6. The topological polar surface area (TPSA) is 85.3 Å². The Hall–Kier alpha value is -2.70. The molecule has 5 rings (SSSR count). The summed E-state index contributed by atoms with van der Waals surface area (Å²) in [6.07, 6.45) is -4.61. The van der Waals surface area contributed by atoms with E-state index in [9.17, 15) is 30.8 Å². The summed E-state index contributed by atoms with van der Waals surface area (Å²) in [6, 6.07) is 7.57. The molecule has 0 radical (unpaired) electrons. The molecule has 0 N–H and O–H groups in total. The lowest BCUT2D eigenvalue weighted by Crippen LogP contribution is -2.62. The van der Waals surface area contributed by atoms with Crippen LogP contribution in [0.15, 0.2) is 41.6 Å². The summed E-state index contributed by atoms with van der Waals surface area (Å²) in [4.78, 5) is 18.5. The Balaban J connectivity index is 1.37. The standard InChI is InChI=1S/C23H19ClF4N2O5S/c1-36(32,33)10-20(31)30-11-21(12-30)18-3-2-13(4-14(18)9-34-21)19-8-22(35-29-19,23(26,27)28)15-5-16(24)7-17(25)6-15/h2-7H,8-12H2,1H3/t22-/m0/s1. The van der Waals surface area contributed by atoms with Crippen LogP contribution in [0.3, 0.4) is 0 Å². The summed E-state index contributed by atoms with van der Waals surface area (Å²) >= 11 is 5.80. The molecular formula is C23H19ClF4N2O5S. The normalized spacial score (nSPS) is 22.7. The highest BCUT2D eigenvalue weighted by atomic mass is 35.5. The van der Waals surface area contributed by atoms with Crippen LogP contribution in [0.4, 0.5) is 17.6 Å². The molecule has 1 fully saturated rings. The van der Waals surface area contributed by atoms with Crippen LogP contribution >= 0.6 is 11.6 Å². The molecule has 0 aliphatic carbocycles. The number of rotatable bonds is 4. The van der Waals surface area contributed by atoms with Gasteiger partial charge in [0.2, 0.25) is 5.91 Å². The number of ether oxygens (including phenoxy) is 1. The molecule has 3 aliphatic heterocycles. The fourth-order valence-corrected chi connectivity index (χ4v) is 5.65. The van der Waals surface area contributed by atoms with Gasteiger partial charge in [0.1, 0.15) is 17.2 Å². The van der Waals surface area contributed by atoms with E-state index in [-0.39, 0.29) is 30.4 Å². The number of oxime groups is 1. The van der Waals surface area contributed by atoms with Crippen LogP contribution < -0.4 is 0 Å². The Morgan fingerprint density at radius 1 is 1.19 bits per heavy atom. The van der Waals surface area contributed by atoms with E-state index in [1.807, 2.05) is 0 Å². The lowest BCUT2D eigenvalue weighted by molar-refractivity contribution is -0.275. The number of carbonyl (C=O) groups excluding carboxylic acids is 1. The summed E-state index contributed by atoms with van der Waals surface area (Å²) in [6.45, 7) is 0.514. The van der Waals surface area contributed by atoms with Crippen molar-refractivity contribution in [2.75, 3.05) is 25.1 Å². The number of hydrogen-bond donors (Lipinski definition) is 0. The second-order valence-corrected chi connectivity index (χ2v) is 11.8. The Labute approximate surface area is 208 Å². The first-order valence-corrected chi connectivity index (χ1v) is 13.2. The zero-order valence-electron chi connectivity index (χ0n) is 18.7. The van der Waals surface area contributed by atoms with E-state index in [4.69, 9.17) is 21.2 Å². The lowest BCUT2D eigenvalue weighted by Gasteiger charge is -2.47. The Morgan fingerprint density at radius 2 is 1.92 bits per heavy atom. The predicted molar refractivity (Wildman–Crippen MR) is 121 cm³/mol. The van der Waals surface area contributed by atoms with E-state index in [2.05, 4.69) is 5.16 Å². The van der Waals surface area contributed by atoms with Gasteiger partial charge in [0.15, 0.2) is 9.84 Å². The number of halogens is 5. The zero-order valence-corrected chi connectivity index (χ0v) is 20.3. The molecule has 1 saturated heterocycles. The summed E-state index contributed by atoms with van der Waals surface area (Å²) in [5.74, 6) is -2.04. The van der Waals surface area contributed by atoms with Gasteiger partial charge in [0.05, 0.1) is 25.4 Å². The van der Waals surface area contributed by atoms with Crippen molar-refractivity contribution >= 4 is 33.1 Å². The van der Waals surface area contributed by atoms with Gasteiger partial charge < -0.3 is 14.5 Å². The molecule has 7 nitrogen and oxygen atoms in total. The molecule has 2 aromatic rings. The average Bonchev–Trinajstić information content (AvgIpc) is 3.33. The number of amides is 1. The molecule has 3 heterocycles. The van der Waals surface area contributed by atoms with E-state index >= 15 is 0 Å². The molecular weight excluding hydrogens is 528 g/mol. The molecule has 0 unspecified atom stereocenters. The Bertz CT molecular complexity index is 1390. The number of alkyl halides is 3. The van der Waals surface area contributed by atoms with Crippen molar-refractivity contribution in [3.63, 3.8) is 0 Å². The van der Waals surface area contributed by atoms with Crippen molar-refractivity contribution in [2.24, 2.45) is 5.16 Å². The molecule has 1 amide bonds. The van der Waals surface area contributed by atoms with Crippen LogP contribution in [-0.4, -0.2) is 56.2 Å².